The predicted octanol–water partition coefficient (Wildman–Crippen LogP) is 7.06. The van der Waals surface area contributed by atoms with E-state index in [-0.39, 0.29) is 0 Å². The van der Waals surface area contributed by atoms with Gasteiger partial charge in [0.15, 0.2) is 0 Å². The second kappa shape index (κ2) is 7.76. The molecule has 0 spiro atoms. The molecule has 0 N–H and O–H groups in total. The summed E-state index contributed by atoms with van der Waals surface area (Å²) < 4.78 is 0. The van der Waals surface area contributed by atoms with Gasteiger partial charge in [0.2, 0.25) is 0 Å². The van der Waals surface area contributed by atoms with Crippen LogP contribution in [0, 0.1) is 0 Å². The van der Waals surface area contributed by atoms with Crippen LogP contribution in [0.25, 0.3) is 10.8 Å². The van der Waals surface area contributed by atoms with Gasteiger partial charge < -0.3 is 0 Å². The highest BCUT2D eigenvalue weighted by molar-refractivity contribution is 6.30. The third kappa shape index (κ3) is 3.81. The van der Waals surface area contributed by atoms with Crippen molar-refractivity contribution in [2.24, 2.45) is 0 Å². The lowest BCUT2D eigenvalue weighted by molar-refractivity contribution is 0.683. The fourth-order valence-electron chi connectivity index (χ4n) is 3.67. The highest BCUT2D eigenvalue weighted by Gasteiger charge is 2.15. The van der Waals surface area contributed by atoms with E-state index >= 15 is 0 Å². The van der Waals surface area contributed by atoms with Crippen molar-refractivity contribution in [2.75, 3.05) is 0 Å². The molecule has 128 valence electrons. The Morgan fingerprint density at radius 3 is 2.12 bits per heavy atom. The lowest BCUT2D eigenvalue weighted by Crippen LogP contribution is -2.07. The number of rotatable bonds is 5. The van der Waals surface area contributed by atoms with Crippen molar-refractivity contribution in [2.45, 2.75) is 18.8 Å². The summed E-state index contributed by atoms with van der Waals surface area (Å²) >= 11 is 6.06. The van der Waals surface area contributed by atoms with Gasteiger partial charge in [0.1, 0.15) is 0 Å². The van der Waals surface area contributed by atoms with Crippen molar-refractivity contribution in [3.63, 3.8) is 0 Å². The SMILES string of the molecule is Clc1ccc(CC(Cc2cccc3ccccc23)c2ccccc2)cc1. The largest absolute Gasteiger partial charge is 0.0843 e. The van der Waals surface area contributed by atoms with Gasteiger partial charge in [0.25, 0.3) is 0 Å². The topological polar surface area (TPSA) is 0 Å². The smallest absolute Gasteiger partial charge is 0.0406 e. The Morgan fingerprint density at radius 1 is 0.615 bits per heavy atom. The Morgan fingerprint density at radius 2 is 1.31 bits per heavy atom. The number of hydrogen-bond acceptors (Lipinski definition) is 0. The number of halogens is 1. The van der Waals surface area contributed by atoms with Gasteiger partial charge in [-0.2, -0.15) is 0 Å². The summed E-state index contributed by atoms with van der Waals surface area (Å²) in [6.45, 7) is 0. The van der Waals surface area contributed by atoms with Crippen molar-refractivity contribution in [3.05, 3.63) is 119 Å². The first kappa shape index (κ1) is 16.9. The van der Waals surface area contributed by atoms with E-state index in [1.54, 1.807) is 0 Å². The maximum absolute atomic E-state index is 6.06. The van der Waals surface area contributed by atoms with Crippen LogP contribution in [0.5, 0.6) is 0 Å². The normalized spacial score (nSPS) is 12.2. The van der Waals surface area contributed by atoms with Crippen molar-refractivity contribution in [1.29, 1.82) is 0 Å². The van der Waals surface area contributed by atoms with Gasteiger partial charge in [-0.25, -0.2) is 0 Å². The average molecular weight is 357 g/mol. The summed E-state index contributed by atoms with van der Waals surface area (Å²) in [6.07, 6.45) is 2.03. The molecule has 0 fully saturated rings. The fourth-order valence-corrected chi connectivity index (χ4v) is 3.80. The molecule has 0 aromatic heterocycles. The van der Waals surface area contributed by atoms with Gasteiger partial charge in [-0.3, -0.25) is 0 Å². The van der Waals surface area contributed by atoms with Gasteiger partial charge in [0, 0.05) is 5.02 Å². The van der Waals surface area contributed by atoms with Crippen LogP contribution in [0.1, 0.15) is 22.6 Å². The van der Waals surface area contributed by atoms with Gasteiger partial charge in [-0.15, -0.1) is 0 Å². The second-order valence-corrected chi connectivity index (χ2v) is 7.22. The molecule has 4 aromatic carbocycles. The molecule has 0 aliphatic heterocycles. The van der Waals surface area contributed by atoms with Crippen LogP contribution in [-0.2, 0) is 12.8 Å². The molecule has 0 aliphatic carbocycles. The average Bonchev–Trinajstić information content (AvgIpc) is 2.70. The van der Waals surface area contributed by atoms with E-state index < -0.39 is 0 Å². The lowest BCUT2D eigenvalue weighted by Gasteiger charge is -2.19. The third-order valence-corrected chi connectivity index (χ3v) is 5.26. The maximum atomic E-state index is 6.06. The van der Waals surface area contributed by atoms with Crippen LogP contribution in [0.15, 0.2) is 97.1 Å². The van der Waals surface area contributed by atoms with Crippen LogP contribution >= 0.6 is 11.6 Å². The molecule has 0 saturated heterocycles. The number of hydrogen-bond donors (Lipinski definition) is 0. The fraction of sp³-hybridized carbons (Fsp3) is 0.120. The van der Waals surface area contributed by atoms with E-state index in [2.05, 4.69) is 84.9 Å². The van der Waals surface area contributed by atoms with Gasteiger partial charge in [0.05, 0.1) is 0 Å². The minimum atomic E-state index is 0.434. The van der Waals surface area contributed by atoms with Crippen molar-refractivity contribution >= 4 is 22.4 Å². The molecule has 1 atom stereocenters. The zero-order valence-corrected chi connectivity index (χ0v) is 15.4. The van der Waals surface area contributed by atoms with E-state index in [4.69, 9.17) is 11.6 Å². The molecule has 0 aliphatic rings. The third-order valence-electron chi connectivity index (χ3n) is 5.01. The van der Waals surface area contributed by atoms with Crippen molar-refractivity contribution in [1.82, 2.24) is 0 Å². The Kier molecular flexibility index (Phi) is 5.04. The lowest BCUT2D eigenvalue weighted by atomic mass is 9.85. The number of fused-ring (bicyclic) bond motifs is 1. The Bertz CT molecular complexity index is 982. The van der Waals surface area contributed by atoms with Crippen LogP contribution < -0.4 is 0 Å². The van der Waals surface area contributed by atoms with Crippen molar-refractivity contribution in [3.8, 4) is 0 Å². The Balaban J connectivity index is 1.69. The maximum Gasteiger partial charge on any atom is 0.0406 e. The first-order valence-electron chi connectivity index (χ1n) is 9.05. The standard InChI is InChI=1S/C25H21Cl/c26-24-15-13-19(14-16-24)17-23(20-7-2-1-3-8-20)18-22-11-6-10-21-9-4-5-12-25(21)22/h1-16,23H,17-18H2. The van der Waals surface area contributed by atoms with Crippen LogP contribution in [0.3, 0.4) is 0 Å². The highest BCUT2D eigenvalue weighted by atomic mass is 35.5. The van der Waals surface area contributed by atoms with E-state index in [0.29, 0.717) is 5.92 Å². The molecule has 0 saturated carbocycles. The summed E-state index contributed by atoms with van der Waals surface area (Å²) in [7, 11) is 0. The molecule has 1 unspecified atom stereocenters. The molecule has 0 radical (unpaired) electrons. The molecule has 1 heteroatoms. The van der Waals surface area contributed by atoms with E-state index in [1.165, 1.54) is 27.5 Å². The first-order valence-corrected chi connectivity index (χ1v) is 9.43. The van der Waals surface area contributed by atoms with E-state index in [1.807, 2.05) is 12.1 Å². The highest BCUT2D eigenvalue weighted by Crippen LogP contribution is 2.29. The second-order valence-electron chi connectivity index (χ2n) is 6.78. The summed E-state index contributed by atoms with van der Waals surface area (Å²) in [5.41, 5.74) is 4.12. The summed E-state index contributed by atoms with van der Waals surface area (Å²) in [6, 6.07) is 34.4. The quantitative estimate of drug-likeness (QED) is 0.359. The van der Waals surface area contributed by atoms with E-state index in [0.717, 1.165) is 17.9 Å². The minimum Gasteiger partial charge on any atom is -0.0843 e. The predicted molar refractivity (Wildman–Crippen MR) is 112 cm³/mol. The van der Waals surface area contributed by atoms with Gasteiger partial charge in [-0.05, 0) is 58.4 Å². The Hall–Kier alpha value is -2.57. The molecule has 0 bridgehead atoms. The van der Waals surface area contributed by atoms with Crippen LogP contribution in [-0.4, -0.2) is 0 Å². The Labute approximate surface area is 160 Å². The minimum absolute atomic E-state index is 0.434. The van der Waals surface area contributed by atoms with Crippen molar-refractivity contribution < 1.29 is 0 Å². The molecule has 0 nitrogen and oxygen atoms in total. The number of benzene rings is 4. The molecule has 26 heavy (non-hydrogen) atoms. The molecular weight excluding hydrogens is 336 g/mol. The zero-order valence-electron chi connectivity index (χ0n) is 14.6. The van der Waals surface area contributed by atoms with Gasteiger partial charge in [-0.1, -0.05) is 96.5 Å². The van der Waals surface area contributed by atoms with Crippen LogP contribution in [0.2, 0.25) is 5.02 Å². The van der Waals surface area contributed by atoms with E-state index in [9.17, 15) is 0 Å². The summed E-state index contributed by atoms with van der Waals surface area (Å²) in [5.74, 6) is 0.434. The molecule has 0 heterocycles. The molecule has 4 rings (SSSR count). The monoisotopic (exact) mass is 356 g/mol. The molecular formula is C25H21Cl. The first-order chi connectivity index (χ1) is 12.8. The molecule has 0 amide bonds. The zero-order chi connectivity index (χ0) is 17.8. The van der Waals surface area contributed by atoms with Gasteiger partial charge >= 0.3 is 0 Å². The summed E-state index contributed by atoms with van der Waals surface area (Å²) in [4.78, 5) is 0. The van der Waals surface area contributed by atoms with Crippen LogP contribution in [0.4, 0.5) is 0 Å². The summed E-state index contributed by atoms with van der Waals surface area (Å²) in [5, 5.41) is 3.45. The molecule has 4 aromatic rings.